The lowest BCUT2D eigenvalue weighted by molar-refractivity contribution is -0.246. The molecule has 0 aromatic carbocycles. The van der Waals surface area contributed by atoms with Gasteiger partial charge in [0, 0.05) is 22.3 Å². The van der Waals surface area contributed by atoms with Crippen molar-refractivity contribution in [3.63, 3.8) is 0 Å². The molecule has 37 heavy (non-hydrogen) atoms. The van der Waals surface area contributed by atoms with E-state index in [4.69, 9.17) is 23.4 Å². The maximum Gasteiger partial charge on any atom is 0.347 e. The van der Waals surface area contributed by atoms with E-state index in [2.05, 4.69) is 0 Å². The minimum atomic E-state index is -1.74. The summed E-state index contributed by atoms with van der Waals surface area (Å²) in [4.78, 5) is 53.7. The Morgan fingerprint density at radius 2 is 1.86 bits per heavy atom. The third-order valence-electron chi connectivity index (χ3n) is 10.3. The monoisotopic (exact) mass is 516 g/mol. The number of ether oxygens (including phenoxy) is 4. The van der Waals surface area contributed by atoms with Crippen LogP contribution in [0.25, 0.3) is 0 Å². The summed E-state index contributed by atoms with van der Waals surface area (Å²) in [6.07, 6.45) is 0.120. The van der Waals surface area contributed by atoms with Gasteiger partial charge in [0.2, 0.25) is 6.10 Å². The highest BCUT2D eigenvalue weighted by atomic mass is 16.6. The van der Waals surface area contributed by atoms with Gasteiger partial charge in [-0.05, 0) is 32.8 Å². The fraction of sp³-hybridized carbons (Fsp3) is 0.704. The zero-order valence-electron chi connectivity index (χ0n) is 21.6. The van der Waals surface area contributed by atoms with Crippen molar-refractivity contribution in [1.29, 1.82) is 0 Å². The normalized spacial score (nSPS) is 47.4. The van der Waals surface area contributed by atoms with E-state index in [0.717, 1.165) is 0 Å². The van der Waals surface area contributed by atoms with Gasteiger partial charge in [-0.2, -0.15) is 0 Å². The van der Waals surface area contributed by atoms with Crippen LogP contribution in [0.2, 0.25) is 0 Å². The highest BCUT2D eigenvalue weighted by Gasteiger charge is 2.86. The maximum atomic E-state index is 14.3. The van der Waals surface area contributed by atoms with E-state index in [1.54, 1.807) is 33.8 Å². The Morgan fingerprint density at radius 1 is 1.14 bits per heavy atom. The largest absolute Gasteiger partial charge is 0.472 e. The molecule has 2 aliphatic carbocycles. The minimum Gasteiger partial charge on any atom is -0.472 e. The lowest BCUT2D eigenvalue weighted by atomic mass is 9.48. The Hall–Kier alpha value is -2.72. The van der Waals surface area contributed by atoms with E-state index in [1.807, 2.05) is 6.92 Å². The number of carbonyl (C=O) groups excluding carboxylic acids is 4. The molecule has 10 heteroatoms. The molecule has 9 unspecified atom stereocenters. The second-order valence-electron chi connectivity index (χ2n) is 12.2. The van der Waals surface area contributed by atoms with Gasteiger partial charge >= 0.3 is 17.9 Å². The quantitative estimate of drug-likeness (QED) is 0.470. The third-order valence-corrected chi connectivity index (χ3v) is 10.3. The van der Waals surface area contributed by atoms with Crippen molar-refractivity contribution in [2.24, 2.45) is 28.1 Å². The molecule has 200 valence electrons. The van der Waals surface area contributed by atoms with Crippen LogP contribution in [0.1, 0.15) is 65.5 Å². The van der Waals surface area contributed by atoms with Gasteiger partial charge in [-0.15, -0.1) is 0 Å². The first-order valence-corrected chi connectivity index (χ1v) is 12.8. The van der Waals surface area contributed by atoms with Crippen LogP contribution in [0.4, 0.5) is 0 Å². The van der Waals surface area contributed by atoms with E-state index >= 15 is 0 Å². The molecule has 3 aliphatic heterocycles. The second kappa shape index (κ2) is 7.22. The lowest BCUT2D eigenvalue weighted by Crippen LogP contribution is -2.66. The molecule has 1 aromatic rings. The van der Waals surface area contributed by atoms with Gasteiger partial charge in [0.1, 0.15) is 28.5 Å². The zero-order chi connectivity index (χ0) is 26.8. The van der Waals surface area contributed by atoms with Crippen molar-refractivity contribution in [2.75, 3.05) is 6.61 Å². The number of Topliss-reactive ketones (excluding diaryl/α,β-unsaturated/α-hetero) is 1. The van der Waals surface area contributed by atoms with Crippen LogP contribution >= 0.6 is 0 Å². The van der Waals surface area contributed by atoms with Gasteiger partial charge in [-0.3, -0.25) is 14.4 Å². The molecule has 9 atom stereocenters. The standard InChI is InChI=1S/C27H32O10/c1-6-34-21(30)16-17-23(2,3)18(29)15-20(25(17,5)22(31)36-16)37-27-11-14(28)35-19(13-7-10-33-12-13)24(27,4)8-9-26(15,27)32/h7,10,12,15-17,19-20,32H,6,8-9,11H2,1-5H3. The molecular weight excluding hydrogens is 484 g/mol. The van der Waals surface area contributed by atoms with Gasteiger partial charge in [0.15, 0.2) is 0 Å². The van der Waals surface area contributed by atoms with Crippen LogP contribution in [0.5, 0.6) is 0 Å². The Kier molecular flexibility index (Phi) is 4.81. The zero-order valence-corrected chi connectivity index (χ0v) is 21.6. The van der Waals surface area contributed by atoms with E-state index in [0.29, 0.717) is 12.0 Å². The number of aliphatic hydroxyl groups is 1. The number of ketones is 1. The van der Waals surface area contributed by atoms with Gasteiger partial charge in [-0.1, -0.05) is 20.8 Å². The summed E-state index contributed by atoms with van der Waals surface area (Å²) in [6, 6.07) is 1.70. The maximum absolute atomic E-state index is 14.3. The fourth-order valence-electron chi connectivity index (χ4n) is 8.59. The van der Waals surface area contributed by atoms with Gasteiger partial charge in [-0.25, -0.2) is 4.79 Å². The molecule has 1 spiro atoms. The predicted octanol–water partition coefficient (Wildman–Crippen LogP) is 2.27. The predicted molar refractivity (Wildman–Crippen MR) is 122 cm³/mol. The molecule has 2 saturated carbocycles. The summed E-state index contributed by atoms with van der Waals surface area (Å²) in [5.41, 5.74) is -6.21. The number of rotatable bonds is 3. The Labute approximate surface area is 213 Å². The third kappa shape index (κ3) is 2.58. The molecule has 0 radical (unpaired) electrons. The van der Waals surface area contributed by atoms with Crippen LogP contribution in [-0.4, -0.2) is 58.8 Å². The van der Waals surface area contributed by atoms with Crippen LogP contribution in [0, 0.1) is 28.1 Å². The fourth-order valence-corrected chi connectivity index (χ4v) is 8.59. The molecule has 0 amide bonds. The topological polar surface area (TPSA) is 139 Å². The molecule has 5 fully saturated rings. The van der Waals surface area contributed by atoms with E-state index < -0.39 is 75.5 Å². The molecule has 10 nitrogen and oxygen atoms in total. The minimum absolute atomic E-state index is 0.0893. The molecule has 1 aromatic heterocycles. The second-order valence-corrected chi connectivity index (χ2v) is 12.2. The average molecular weight is 517 g/mol. The SMILES string of the molecule is CCOC(=O)C1OC(=O)C2(C)C3OC45CC(=O)OC(c6ccoc6)C4(C)CCC5(O)C3C(=O)C(C)(C)C12. The Balaban J connectivity index is 1.52. The first-order chi connectivity index (χ1) is 17.3. The summed E-state index contributed by atoms with van der Waals surface area (Å²) in [6.45, 7) is 8.61. The molecule has 1 N–H and O–H groups in total. The molecule has 0 bridgehead atoms. The highest BCUT2D eigenvalue weighted by Crippen LogP contribution is 2.74. The summed E-state index contributed by atoms with van der Waals surface area (Å²) in [5, 5.41) is 12.5. The molecule has 4 heterocycles. The van der Waals surface area contributed by atoms with Crippen molar-refractivity contribution in [2.45, 2.75) is 83.4 Å². The van der Waals surface area contributed by atoms with Crippen molar-refractivity contribution in [1.82, 2.24) is 0 Å². The van der Waals surface area contributed by atoms with Crippen molar-refractivity contribution >= 4 is 23.7 Å². The van der Waals surface area contributed by atoms with Crippen LogP contribution in [0.3, 0.4) is 0 Å². The van der Waals surface area contributed by atoms with E-state index in [-0.39, 0.29) is 25.2 Å². The van der Waals surface area contributed by atoms with Crippen molar-refractivity contribution in [3.8, 4) is 0 Å². The van der Waals surface area contributed by atoms with E-state index in [9.17, 15) is 24.3 Å². The Morgan fingerprint density at radius 3 is 2.51 bits per heavy atom. The number of carbonyl (C=O) groups is 4. The van der Waals surface area contributed by atoms with E-state index in [1.165, 1.54) is 12.5 Å². The number of furan rings is 1. The highest BCUT2D eigenvalue weighted by molar-refractivity contribution is 5.98. The first-order valence-electron chi connectivity index (χ1n) is 12.8. The summed E-state index contributed by atoms with van der Waals surface area (Å²) >= 11 is 0. The smallest absolute Gasteiger partial charge is 0.347 e. The summed E-state index contributed by atoms with van der Waals surface area (Å²) < 4.78 is 28.6. The first kappa shape index (κ1) is 24.6. The van der Waals surface area contributed by atoms with Crippen LogP contribution in [0.15, 0.2) is 23.0 Å². The lowest BCUT2D eigenvalue weighted by Gasteiger charge is -2.52. The van der Waals surface area contributed by atoms with Crippen LogP contribution < -0.4 is 0 Å². The number of hydrogen-bond donors (Lipinski definition) is 1. The number of esters is 3. The average Bonchev–Trinajstić information content (AvgIpc) is 3.55. The van der Waals surface area contributed by atoms with Gasteiger partial charge < -0.3 is 28.5 Å². The van der Waals surface area contributed by atoms with Gasteiger partial charge in [0.05, 0.1) is 37.6 Å². The molecule has 3 saturated heterocycles. The van der Waals surface area contributed by atoms with Crippen LogP contribution in [-0.2, 0) is 38.1 Å². The number of cyclic esters (lactones) is 2. The van der Waals surface area contributed by atoms with Gasteiger partial charge in [0.25, 0.3) is 0 Å². The summed E-state index contributed by atoms with van der Waals surface area (Å²) in [7, 11) is 0. The Bertz CT molecular complexity index is 1200. The number of hydrogen-bond acceptors (Lipinski definition) is 10. The summed E-state index contributed by atoms with van der Waals surface area (Å²) in [5.74, 6) is -4.28. The van der Waals surface area contributed by atoms with Crippen molar-refractivity contribution in [3.05, 3.63) is 24.2 Å². The molecule has 6 rings (SSSR count). The van der Waals surface area contributed by atoms with Crippen molar-refractivity contribution < 1.29 is 47.6 Å². The number of fused-ring (bicyclic) bond motifs is 4. The molecule has 5 aliphatic rings. The molecular formula is C27H32O10.